The van der Waals surface area contributed by atoms with Gasteiger partial charge in [-0.25, -0.2) is 4.39 Å². The summed E-state index contributed by atoms with van der Waals surface area (Å²) in [6.07, 6.45) is 2.58. The molecule has 1 aliphatic heterocycles. The molecule has 1 aromatic carbocycles. The molecule has 1 saturated carbocycles. The number of rotatable bonds is 3. The van der Waals surface area contributed by atoms with E-state index in [1.54, 1.807) is 6.07 Å². The second kappa shape index (κ2) is 5.93. The number of hydrogen-bond donors (Lipinski definition) is 2. The molecule has 5 heteroatoms. The Morgan fingerprint density at radius 1 is 1.52 bits per heavy atom. The van der Waals surface area contributed by atoms with Crippen molar-refractivity contribution in [3.05, 3.63) is 29.1 Å². The Hall–Kier alpha value is -1.13. The minimum atomic E-state index is -0.254. The molecule has 0 aromatic heterocycles. The molecule has 2 aliphatic rings. The van der Waals surface area contributed by atoms with E-state index in [1.807, 2.05) is 6.07 Å². The first-order chi connectivity index (χ1) is 9.55. The van der Waals surface area contributed by atoms with Crippen molar-refractivity contribution in [1.29, 1.82) is 0 Å². The quantitative estimate of drug-likeness (QED) is 0.899. The van der Waals surface area contributed by atoms with Gasteiger partial charge in [0.15, 0.2) is 0 Å². The van der Waals surface area contributed by atoms with Gasteiger partial charge in [-0.1, -0.05) is 19.9 Å². The van der Waals surface area contributed by atoms with Crippen LogP contribution in [0.25, 0.3) is 0 Å². The van der Waals surface area contributed by atoms with Crippen LogP contribution in [-0.2, 0) is 17.8 Å². The van der Waals surface area contributed by atoms with Crippen LogP contribution < -0.4 is 10.6 Å². The van der Waals surface area contributed by atoms with E-state index >= 15 is 0 Å². The summed E-state index contributed by atoms with van der Waals surface area (Å²) in [6.45, 7) is 5.71. The standard InChI is InChI=1S/C16H21FN2O.ClH/c1-3-16(2)8-12(16)15(20)19-13-5-4-10-9-18-7-6-11(10)14(13)17;/h4-5,12,18H,3,6-9H2,1-2H3,(H,19,20);1H. The summed E-state index contributed by atoms with van der Waals surface area (Å²) in [5.41, 5.74) is 2.19. The minimum Gasteiger partial charge on any atom is -0.323 e. The molecule has 2 unspecified atom stereocenters. The lowest BCUT2D eigenvalue weighted by molar-refractivity contribution is -0.118. The number of carbonyl (C=O) groups is 1. The zero-order valence-electron chi connectivity index (χ0n) is 12.5. The van der Waals surface area contributed by atoms with Gasteiger partial charge in [-0.3, -0.25) is 4.79 Å². The van der Waals surface area contributed by atoms with Crippen LogP contribution in [-0.4, -0.2) is 12.5 Å². The lowest BCUT2D eigenvalue weighted by Crippen LogP contribution is -2.25. The molecule has 116 valence electrons. The average Bonchev–Trinajstić information content (AvgIpc) is 3.15. The number of hydrogen-bond acceptors (Lipinski definition) is 2. The summed E-state index contributed by atoms with van der Waals surface area (Å²) >= 11 is 0. The third-order valence-electron chi connectivity index (χ3n) is 4.94. The molecule has 1 aliphatic carbocycles. The summed E-state index contributed by atoms with van der Waals surface area (Å²) in [5.74, 6) is -0.261. The monoisotopic (exact) mass is 312 g/mol. The van der Waals surface area contributed by atoms with E-state index in [0.29, 0.717) is 18.7 Å². The summed E-state index contributed by atoms with van der Waals surface area (Å²) in [5, 5.41) is 6.00. The van der Waals surface area contributed by atoms with E-state index in [0.717, 1.165) is 30.5 Å². The summed E-state index contributed by atoms with van der Waals surface area (Å²) in [4.78, 5) is 12.2. The SMILES string of the molecule is CCC1(C)CC1C(=O)Nc1ccc2c(c1F)CCNC2.Cl. The fourth-order valence-electron chi connectivity index (χ4n) is 3.06. The third-order valence-corrected chi connectivity index (χ3v) is 4.94. The van der Waals surface area contributed by atoms with E-state index in [2.05, 4.69) is 24.5 Å². The Labute approximate surface area is 131 Å². The number of amides is 1. The highest BCUT2D eigenvalue weighted by Gasteiger charge is 2.52. The number of anilines is 1. The van der Waals surface area contributed by atoms with Crippen LogP contribution in [0.4, 0.5) is 10.1 Å². The highest BCUT2D eigenvalue weighted by atomic mass is 35.5. The molecule has 3 nitrogen and oxygen atoms in total. The van der Waals surface area contributed by atoms with Crippen molar-refractivity contribution >= 4 is 24.0 Å². The lowest BCUT2D eigenvalue weighted by atomic mass is 9.99. The summed E-state index contributed by atoms with van der Waals surface area (Å²) in [6, 6.07) is 3.59. The van der Waals surface area contributed by atoms with Gasteiger partial charge in [0.1, 0.15) is 5.82 Å². The van der Waals surface area contributed by atoms with Gasteiger partial charge in [-0.05, 0) is 48.4 Å². The van der Waals surface area contributed by atoms with Crippen LogP contribution >= 0.6 is 12.4 Å². The Morgan fingerprint density at radius 3 is 2.95 bits per heavy atom. The number of fused-ring (bicyclic) bond motifs is 1. The van der Waals surface area contributed by atoms with E-state index in [1.165, 1.54) is 0 Å². The first kappa shape index (κ1) is 16.2. The summed E-state index contributed by atoms with van der Waals surface area (Å²) in [7, 11) is 0. The van der Waals surface area contributed by atoms with Gasteiger partial charge in [0.25, 0.3) is 0 Å². The average molecular weight is 313 g/mol. The maximum Gasteiger partial charge on any atom is 0.228 e. The topological polar surface area (TPSA) is 41.1 Å². The van der Waals surface area contributed by atoms with Gasteiger partial charge in [0.05, 0.1) is 5.69 Å². The van der Waals surface area contributed by atoms with Crippen molar-refractivity contribution in [3.8, 4) is 0 Å². The summed E-state index contributed by atoms with van der Waals surface area (Å²) < 4.78 is 14.4. The molecule has 3 rings (SSSR count). The number of nitrogens with one attached hydrogen (secondary N) is 2. The molecule has 2 atom stereocenters. The fourth-order valence-corrected chi connectivity index (χ4v) is 3.06. The molecule has 0 bridgehead atoms. The van der Waals surface area contributed by atoms with E-state index in [-0.39, 0.29) is 35.5 Å². The van der Waals surface area contributed by atoms with Crippen molar-refractivity contribution in [2.24, 2.45) is 11.3 Å². The molecular weight excluding hydrogens is 291 g/mol. The maximum absolute atomic E-state index is 14.4. The number of halogens is 2. The maximum atomic E-state index is 14.4. The second-order valence-electron chi connectivity index (χ2n) is 6.25. The fraction of sp³-hybridized carbons (Fsp3) is 0.562. The molecule has 1 amide bonds. The normalized spacial score (nSPS) is 26.5. The molecule has 0 radical (unpaired) electrons. The Morgan fingerprint density at radius 2 is 2.29 bits per heavy atom. The van der Waals surface area contributed by atoms with Crippen molar-refractivity contribution in [2.45, 2.75) is 39.7 Å². The molecule has 21 heavy (non-hydrogen) atoms. The van der Waals surface area contributed by atoms with Crippen molar-refractivity contribution in [3.63, 3.8) is 0 Å². The number of carbonyl (C=O) groups excluding carboxylic acids is 1. The van der Waals surface area contributed by atoms with Gasteiger partial charge in [0, 0.05) is 12.5 Å². The molecular formula is C16H22ClFN2O. The van der Waals surface area contributed by atoms with Gasteiger partial charge in [-0.15, -0.1) is 12.4 Å². The molecule has 0 spiro atoms. The molecule has 0 saturated heterocycles. The van der Waals surface area contributed by atoms with Crippen LogP contribution in [0.15, 0.2) is 12.1 Å². The van der Waals surface area contributed by atoms with Crippen molar-refractivity contribution < 1.29 is 9.18 Å². The molecule has 1 fully saturated rings. The smallest absolute Gasteiger partial charge is 0.228 e. The Bertz CT molecular complexity index is 563. The largest absolute Gasteiger partial charge is 0.323 e. The number of benzene rings is 1. The molecule has 1 aromatic rings. The van der Waals surface area contributed by atoms with Gasteiger partial charge in [-0.2, -0.15) is 0 Å². The third kappa shape index (κ3) is 2.92. The lowest BCUT2D eigenvalue weighted by Gasteiger charge is -2.19. The minimum absolute atomic E-state index is 0. The zero-order chi connectivity index (χ0) is 14.3. The van der Waals surface area contributed by atoms with Gasteiger partial charge >= 0.3 is 0 Å². The Kier molecular flexibility index (Phi) is 4.59. The van der Waals surface area contributed by atoms with Crippen molar-refractivity contribution in [2.75, 3.05) is 11.9 Å². The van der Waals surface area contributed by atoms with Crippen LogP contribution in [0.2, 0.25) is 0 Å². The van der Waals surface area contributed by atoms with E-state index in [4.69, 9.17) is 0 Å². The molecule has 1 heterocycles. The second-order valence-corrected chi connectivity index (χ2v) is 6.25. The first-order valence-electron chi connectivity index (χ1n) is 7.37. The highest BCUT2D eigenvalue weighted by molar-refractivity contribution is 5.95. The van der Waals surface area contributed by atoms with Crippen LogP contribution in [0.3, 0.4) is 0 Å². The zero-order valence-corrected chi connectivity index (χ0v) is 13.3. The van der Waals surface area contributed by atoms with Crippen molar-refractivity contribution in [1.82, 2.24) is 5.32 Å². The predicted molar refractivity (Wildman–Crippen MR) is 84.2 cm³/mol. The van der Waals surface area contributed by atoms with E-state index < -0.39 is 0 Å². The molecule has 2 N–H and O–H groups in total. The van der Waals surface area contributed by atoms with Crippen LogP contribution in [0.1, 0.15) is 37.8 Å². The van der Waals surface area contributed by atoms with Crippen LogP contribution in [0.5, 0.6) is 0 Å². The Balaban J connectivity index is 0.00000161. The van der Waals surface area contributed by atoms with E-state index in [9.17, 15) is 9.18 Å². The van der Waals surface area contributed by atoms with Crippen LogP contribution in [0, 0.1) is 17.2 Å². The predicted octanol–water partition coefficient (Wildman–Crippen LogP) is 3.27. The highest BCUT2D eigenvalue weighted by Crippen LogP contribution is 2.55. The van der Waals surface area contributed by atoms with Gasteiger partial charge in [0.2, 0.25) is 5.91 Å². The van der Waals surface area contributed by atoms with Gasteiger partial charge < -0.3 is 10.6 Å². The first-order valence-corrected chi connectivity index (χ1v) is 7.37.